The monoisotopic (exact) mass is 478 g/mol. The Labute approximate surface area is 196 Å². The standard InChI is InChI=1S/C22H30N4O8/c1-12(28)30-10-22(9-27)17-16(31-21(5,6)33-17)15(32-22)13-7-8-14-18(23-11-24-26(13)14)25-19(29)34-20(2,3)4/h7-8,11,15-17,27H,9-10H2,1-6H3,(H,23,24,25,29)/t15-,16-,17-,22+/m0/s1. The van der Waals surface area contributed by atoms with Crippen LogP contribution in [0.4, 0.5) is 10.6 Å². The molecule has 4 atom stereocenters. The first-order valence-corrected chi connectivity index (χ1v) is 10.9. The number of hydrogen-bond donors (Lipinski definition) is 2. The Morgan fingerprint density at radius 2 is 1.97 bits per heavy atom. The molecule has 2 aliphatic heterocycles. The highest BCUT2D eigenvalue weighted by atomic mass is 16.8. The van der Waals surface area contributed by atoms with Gasteiger partial charge in [-0.25, -0.2) is 14.3 Å². The summed E-state index contributed by atoms with van der Waals surface area (Å²) in [6, 6.07) is 3.49. The van der Waals surface area contributed by atoms with Crippen LogP contribution in [0.1, 0.15) is 53.3 Å². The van der Waals surface area contributed by atoms with Crippen LogP contribution in [0.2, 0.25) is 0 Å². The van der Waals surface area contributed by atoms with Gasteiger partial charge in [-0.05, 0) is 46.8 Å². The van der Waals surface area contributed by atoms with Crippen LogP contribution in [0.15, 0.2) is 18.5 Å². The van der Waals surface area contributed by atoms with Crippen molar-refractivity contribution in [2.24, 2.45) is 0 Å². The SMILES string of the molecule is CC(=O)OC[C@@]1(CO)O[C@@H](c2ccc3c(NC(=O)OC(C)(C)C)ncnn23)[C@@H]2OC(C)(C)O[C@@H]21. The smallest absolute Gasteiger partial charge is 0.413 e. The number of carbonyl (C=O) groups is 2. The van der Waals surface area contributed by atoms with Crippen LogP contribution in [0.3, 0.4) is 0 Å². The van der Waals surface area contributed by atoms with E-state index in [-0.39, 0.29) is 12.4 Å². The van der Waals surface area contributed by atoms with E-state index in [4.69, 9.17) is 23.7 Å². The number of anilines is 1. The molecule has 2 saturated heterocycles. The number of nitrogens with one attached hydrogen (secondary N) is 1. The Hall–Kier alpha value is -2.80. The number of ether oxygens (including phenoxy) is 5. The molecule has 0 bridgehead atoms. The van der Waals surface area contributed by atoms with Crippen molar-refractivity contribution in [3.63, 3.8) is 0 Å². The molecule has 0 saturated carbocycles. The van der Waals surface area contributed by atoms with Crippen LogP contribution in [-0.2, 0) is 28.5 Å². The Morgan fingerprint density at radius 3 is 2.62 bits per heavy atom. The number of fused-ring (bicyclic) bond motifs is 2. The quantitative estimate of drug-likeness (QED) is 0.612. The first kappa shape index (κ1) is 24.3. The number of aromatic nitrogens is 3. The molecule has 0 radical (unpaired) electrons. The van der Waals surface area contributed by atoms with Crippen LogP contribution >= 0.6 is 0 Å². The summed E-state index contributed by atoms with van der Waals surface area (Å²) in [6.45, 7) is 9.43. The van der Waals surface area contributed by atoms with Crippen LogP contribution in [0.25, 0.3) is 5.52 Å². The lowest BCUT2D eigenvalue weighted by molar-refractivity contribution is -0.227. The zero-order chi connectivity index (χ0) is 24.9. The average molecular weight is 479 g/mol. The van der Waals surface area contributed by atoms with Gasteiger partial charge in [-0.3, -0.25) is 10.1 Å². The first-order chi connectivity index (χ1) is 15.8. The number of rotatable bonds is 5. The van der Waals surface area contributed by atoms with E-state index < -0.39 is 54.0 Å². The molecule has 0 aromatic carbocycles. The minimum Gasteiger partial charge on any atom is -0.463 e. The molecular weight excluding hydrogens is 448 g/mol. The molecule has 2 aromatic heterocycles. The van der Waals surface area contributed by atoms with Crippen molar-refractivity contribution in [2.45, 2.75) is 76.8 Å². The van der Waals surface area contributed by atoms with E-state index in [0.717, 1.165) is 0 Å². The average Bonchev–Trinajstić information content (AvgIpc) is 3.36. The minimum atomic E-state index is -1.33. The fraction of sp³-hybridized carbons (Fsp3) is 0.636. The van der Waals surface area contributed by atoms with Gasteiger partial charge in [-0.1, -0.05) is 0 Å². The number of hydrogen-bond acceptors (Lipinski definition) is 10. The van der Waals surface area contributed by atoms with Gasteiger partial charge >= 0.3 is 12.1 Å². The van der Waals surface area contributed by atoms with E-state index in [1.807, 2.05) is 0 Å². The Bertz CT molecular complexity index is 1090. The fourth-order valence-electron chi connectivity index (χ4n) is 4.21. The predicted molar refractivity (Wildman–Crippen MR) is 117 cm³/mol. The van der Waals surface area contributed by atoms with Gasteiger partial charge in [0.25, 0.3) is 0 Å². The number of esters is 1. The molecule has 12 heteroatoms. The summed E-state index contributed by atoms with van der Waals surface area (Å²) >= 11 is 0. The van der Waals surface area contributed by atoms with Crippen molar-refractivity contribution in [3.05, 3.63) is 24.2 Å². The van der Waals surface area contributed by atoms with Crippen LogP contribution in [-0.4, -0.2) is 74.2 Å². The molecule has 0 aliphatic carbocycles. The zero-order valence-corrected chi connectivity index (χ0v) is 20.0. The van der Waals surface area contributed by atoms with Crippen LogP contribution in [0.5, 0.6) is 0 Å². The van der Waals surface area contributed by atoms with Gasteiger partial charge < -0.3 is 28.8 Å². The zero-order valence-electron chi connectivity index (χ0n) is 20.0. The molecule has 2 N–H and O–H groups in total. The summed E-state index contributed by atoms with van der Waals surface area (Å²) in [4.78, 5) is 27.9. The molecule has 12 nitrogen and oxygen atoms in total. The number of carbonyl (C=O) groups excluding carboxylic acids is 2. The van der Waals surface area contributed by atoms with Crippen molar-refractivity contribution in [1.82, 2.24) is 14.6 Å². The van der Waals surface area contributed by atoms with Gasteiger partial charge in [0, 0.05) is 6.92 Å². The Morgan fingerprint density at radius 1 is 1.24 bits per heavy atom. The van der Waals surface area contributed by atoms with Gasteiger partial charge in [0.05, 0.1) is 12.3 Å². The summed E-state index contributed by atoms with van der Waals surface area (Å²) in [5.41, 5.74) is -0.916. The Kier molecular flexibility index (Phi) is 6.05. The maximum absolute atomic E-state index is 12.3. The summed E-state index contributed by atoms with van der Waals surface area (Å²) in [5.74, 6) is -1.20. The van der Waals surface area contributed by atoms with E-state index >= 15 is 0 Å². The summed E-state index contributed by atoms with van der Waals surface area (Å²) in [6.07, 6.45) is -1.40. The maximum atomic E-state index is 12.3. The summed E-state index contributed by atoms with van der Waals surface area (Å²) in [7, 11) is 0. The third kappa shape index (κ3) is 4.58. The number of aliphatic hydroxyl groups is 1. The molecule has 0 spiro atoms. The van der Waals surface area contributed by atoms with Gasteiger partial charge in [0.1, 0.15) is 42.4 Å². The third-order valence-corrected chi connectivity index (χ3v) is 5.49. The normalized spacial score (nSPS) is 28.0. The number of nitrogens with zero attached hydrogens (tertiary/aromatic N) is 3. The highest BCUT2D eigenvalue weighted by molar-refractivity contribution is 5.88. The molecule has 0 unspecified atom stereocenters. The molecule has 34 heavy (non-hydrogen) atoms. The van der Waals surface area contributed by atoms with Crippen molar-refractivity contribution in [2.75, 3.05) is 18.5 Å². The molecular formula is C22H30N4O8. The molecule has 2 aliphatic rings. The van der Waals surface area contributed by atoms with E-state index in [2.05, 4.69) is 15.4 Å². The van der Waals surface area contributed by atoms with Crippen molar-refractivity contribution in [3.8, 4) is 0 Å². The van der Waals surface area contributed by atoms with E-state index in [1.165, 1.54) is 13.3 Å². The second-order valence-corrected chi connectivity index (χ2v) is 9.85. The Balaban J connectivity index is 1.68. The number of amides is 1. The third-order valence-electron chi connectivity index (χ3n) is 5.49. The van der Waals surface area contributed by atoms with E-state index in [0.29, 0.717) is 11.2 Å². The largest absolute Gasteiger partial charge is 0.463 e. The lowest BCUT2D eigenvalue weighted by Gasteiger charge is -2.32. The van der Waals surface area contributed by atoms with Crippen molar-refractivity contribution < 1.29 is 38.4 Å². The lowest BCUT2D eigenvalue weighted by atomic mass is 9.95. The first-order valence-electron chi connectivity index (χ1n) is 10.9. The maximum Gasteiger partial charge on any atom is 0.413 e. The molecule has 186 valence electrons. The van der Waals surface area contributed by atoms with Crippen molar-refractivity contribution >= 4 is 23.4 Å². The van der Waals surface area contributed by atoms with Gasteiger partial charge in [0.2, 0.25) is 0 Å². The predicted octanol–water partition coefficient (Wildman–Crippen LogP) is 1.96. The topological polar surface area (TPSA) is 143 Å². The summed E-state index contributed by atoms with van der Waals surface area (Å²) < 4.78 is 30.5. The van der Waals surface area contributed by atoms with Crippen LogP contribution in [0, 0.1) is 0 Å². The lowest BCUT2D eigenvalue weighted by Crippen LogP contribution is -2.50. The number of aliphatic hydroxyl groups excluding tert-OH is 1. The van der Waals surface area contributed by atoms with Gasteiger partial charge in [-0.15, -0.1) is 0 Å². The molecule has 4 rings (SSSR count). The van der Waals surface area contributed by atoms with Gasteiger partial charge in [0.15, 0.2) is 17.2 Å². The second-order valence-electron chi connectivity index (χ2n) is 9.85. The fourth-order valence-corrected chi connectivity index (χ4v) is 4.21. The van der Waals surface area contributed by atoms with E-state index in [1.54, 1.807) is 51.3 Å². The van der Waals surface area contributed by atoms with Gasteiger partial charge in [-0.2, -0.15) is 5.10 Å². The van der Waals surface area contributed by atoms with E-state index in [9.17, 15) is 14.7 Å². The minimum absolute atomic E-state index is 0.209. The summed E-state index contributed by atoms with van der Waals surface area (Å²) in [5, 5.41) is 17.2. The molecule has 2 aromatic rings. The molecule has 4 heterocycles. The van der Waals surface area contributed by atoms with Crippen LogP contribution < -0.4 is 5.32 Å². The van der Waals surface area contributed by atoms with Crippen molar-refractivity contribution in [1.29, 1.82) is 0 Å². The molecule has 2 fully saturated rings. The second kappa shape index (κ2) is 8.45. The highest BCUT2D eigenvalue weighted by Crippen LogP contribution is 2.50. The highest BCUT2D eigenvalue weighted by Gasteiger charge is 2.64. The molecule has 1 amide bonds.